The highest BCUT2D eigenvalue weighted by molar-refractivity contribution is 5.81. The largest absolute Gasteiger partial charge is 0.481 e. The average Bonchev–Trinajstić information content (AvgIpc) is 3.05. The Morgan fingerprint density at radius 3 is 2.76 bits per heavy atom. The molecular formula is C18H25NO2. The third kappa shape index (κ3) is 3.07. The van der Waals surface area contributed by atoms with E-state index < -0.39 is 6.10 Å². The van der Waals surface area contributed by atoms with E-state index in [1.807, 2.05) is 32.9 Å². The number of hydrogen-bond acceptors (Lipinski definition) is 2. The first-order chi connectivity index (χ1) is 10.0. The van der Waals surface area contributed by atoms with Crippen molar-refractivity contribution in [1.82, 2.24) is 5.32 Å². The highest BCUT2D eigenvalue weighted by Gasteiger charge is 2.40. The van der Waals surface area contributed by atoms with Gasteiger partial charge in [-0.05, 0) is 69.1 Å². The number of benzene rings is 1. The van der Waals surface area contributed by atoms with Crippen LogP contribution in [0, 0.1) is 25.7 Å². The number of hydrogen-bond donors (Lipinski definition) is 1. The summed E-state index contributed by atoms with van der Waals surface area (Å²) in [6.07, 6.45) is 4.65. The lowest BCUT2D eigenvalue weighted by Gasteiger charge is -2.25. The number of nitrogens with one attached hydrogen (secondary N) is 1. The first-order valence-electron chi connectivity index (χ1n) is 8.07. The topological polar surface area (TPSA) is 38.3 Å². The number of amides is 1. The molecule has 1 aromatic rings. The van der Waals surface area contributed by atoms with Crippen LogP contribution in [0.25, 0.3) is 0 Å². The summed E-state index contributed by atoms with van der Waals surface area (Å²) in [5.41, 5.74) is 2.22. The van der Waals surface area contributed by atoms with Crippen molar-refractivity contribution in [2.24, 2.45) is 11.8 Å². The summed E-state index contributed by atoms with van der Waals surface area (Å²) in [6, 6.07) is 6.46. The normalized spacial score (nSPS) is 28.4. The van der Waals surface area contributed by atoms with Crippen LogP contribution in [-0.4, -0.2) is 18.1 Å². The van der Waals surface area contributed by atoms with Crippen LogP contribution in [0.1, 0.15) is 43.7 Å². The average molecular weight is 287 g/mol. The van der Waals surface area contributed by atoms with Crippen LogP contribution in [0.2, 0.25) is 0 Å². The molecule has 2 aliphatic carbocycles. The third-order valence-corrected chi connectivity index (χ3v) is 5.08. The lowest BCUT2D eigenvalue weighted by Crippen LogP contribution is -2.44. The van der Waals surface area contributed by atoms with E-state index >= 15 is 0 Å². The molecule has 2 saturated carbocycles. The van der Waals surface area contributed by atoms with Gasteiger partial charge in [0.15, 0.2) is 6.10 Å². The van der Waals surface area contributed by atoms with E-state index in [1.54, 1.807) is 0 Å². The molecule has 114 valence electrons. The van der Waals surface area contributed by atoms with Gasteiger partial charge in [0.25, 0.3) is 5.91 Å². The third-order valence-electron chi connectivity index (χ3n) is 5.08. The molecule has 0 heterocycles. The second kappa shape index (κ2) is 5.70. The molecule has 0 saturated heterocycles. The summed E-state index contributed by atoms with van der Waals surface area (Å²) in [5, 5.41) is 3.20. The van der Waals surface area contributed by atoms with Gasteiger partial charge in [0, 0.05) is 6.04 Å². The standard InChI is InChI=1S/C18H25NO2/c1-11-4-5-12(2)17(8-11)21-13(3)18(20)19-16-10-14-6-7-15(16)9-14/h4-5,8,13-16H,6-7,9-10H2,1-3H3,(H,19,20)/t13-,14-,15-,16-/m1/s1. The zero-order valence-electron chi connectivity index (χ0n) is 13.2. The summed E-state index contributed by atoms with van der Waals surface area (Å²) in [5.74, 6) is 2.38. The van der Waals surface area contributed by atoms with Crippen molar-refractivity contribution >= 4 is 5.91 Å². The van der Waals surface area contributed by atoms with Crippen molar-refractivity contribution in [2.75, 3.05) is 0 Å². The molecule has 0 aromatic heterocycles. The smallest absolute Gasteiger partial charge is 0.261 e. The summed E-state index contributed by atoms with van der Waals surface area (Å²) >= 11 is 0. The Labute approximate surface area is 127 Å². The highest BCUT2D eigenvalue weighted by atomic mass is 16.5. The molecule has 3 heteroatoms. The summed E-state index contributed by atoms with van der Waals surface area (Å²) in [7, 11) is 0. The van der Waals surface area contributed by atoms with Crippen molar-refractivity contribution in [2.45, 2.75) is 58.6 Å². The van der Waals surface area contributed by atoms with E-state index in [0.29, 0.717) is 12.0 Å². The number of rotatable bonds is 4. The van der Waals surface area contributed by atoms with Crippen molar-refractivity contribution in [1.29, 1.82) is 0 Å². The molecule has 3 nitrogen and oxygen atoms in total. The van der Waals surface area contributed by atoms with E-state index in [1.165, 1.54) is 19.3 Å². The number of aryl methyl sites for hydroxylation is 2. The Kier molecular flexibility index (Phi) is 3.92. The van der Waals surface area contributed by atoms with Crippen LogP contribution < -0.4 is 10.1 Å². The molecule has 1 aromatic carbocycles. The van der Waals surface area contributed by atoms with Gasteiger partial charge in [0.05, 0.1) is 0 Å². The maximum absolute atomic E-state index is 12.3. The van der Waals surface area contributed by atoms with Gasteiger partial charge in [-0.2, -0.15) is 0 Å². The van der Waals surface area contributed by atoms with Crippen molar-refractivity contribution in [3.8, 4) is 5.75 Å². The van der Waals surface area contributed by atoms with E-state index in [0.717, 1.165) is 29.2 Å². The predicted octanol–water partition coefficient (Wildman–Crippen LogP) is 3.38. The fourth-order valence-corrected chi connectivity index (χ4v) is 3.80. The highest BCUT2D eigenvalue weighted by Crippen LogP contribution is 2.44. The van der Waals surface area contributed by atoms with E-state index in [4.69, 9.17) is 4.74 Å². The van der Waals surface area contributed by atoms with Crippen LogP contribution in [0.15, 0.2) is 18.2 Å². The molecule has 3 rings (SSSR count). The first kappa shape index (κ1) is 14.4. The van der Waals surface area contributed by atoms with Crippen molar-refractivity contribution in [3.63, 3.8) is 0 Å². The summed E-state index contributed by atoms with van der Waals surface area (Å²) in [4.78, 5) is 12.3. The van der Waals surface area contributed by atoms with E-state index in [-0.39, 0.29) is 5.91 Å². The minimum absolute atomic E-state index is 0.0217. The Balaban J connectivity index is 1.58. The van der Waals surface area contributed by atoms with Gasteiger partial charge in [-0.1, -0.05) is 18.6 Å². The molecule has 2 bridgehead atoms. The van der Waals surface area contributed by atoms with Crippen LogP contribution in [0.3, 0.4) is 0 Å². The van der Waals surface area contributed by atoms with Gasteiger partial charge >= 0.3 is 0 Å². The van der Waals surface area contributed by atoms with Gasteiger partial charge in [0.2, 0.25) is 0 Å². The van der Waals surface area contributed by atoms with Gasteiger partial charge in [-0.15, -0.1) is 0 Å². The molecular weight excluding hydrogens is 262 g/mol. The quantitative estimate of drug-likeness (QED) is 0.922. The van der Waals surface area contributed by atoms with E-state index in [9.17, 15) is 4.79 Å². The SMILES string of the molecule is Cc1ccc(C)c(O[C@H](C)C(=O)N[C@@H]2C[C@@H]3CC[C@@H]2C3)c1. The minimum Gasteiger partial charge on any atom is -0.481 e. The van der Waals surface area contributed by atoms with Gasteiger partial charge in [-0.3, -0.25) is 4.79 Å². The molecule has 2 aliphatic rings. The second-order valence-electron chi connectivity index (χ2n) is 6.82. The Bertz CT molecular complexity index is 540. The predicted molar refractivity (Wildman–Crippen MR) is 83.4 cm³/mol. The number of carbonyl (C=O) groups is 1. The molecule has 2 fully saturated rings. The van der Waals surface area contributed by atoms with Gasteiger partial charge in [0.1, 0.15) is 5.75 Å². The number of carbonyl (C=O) groups excluding carboxylic acids is 1. The fraction of sp³-hybridized carbons (Fsp3) is 0.611. The molecule has 1 N–H and O–H groups in total. The minimum atomic E-state index is -0.440. The van der Waals surface area contributed by atoms with Crippen LogP contribution in [0.5, 0.6) is 5.75 Å². The Morgan fingerprint density at radius 1 is 1.29 bits per heavy atom. The van der Waals surface area contributed by atoms with Crippen molar-refractivity contribution in [3.05, 3.63) is 29.3 Å². The van der Waals surface area contributed by atoms with Gasteiger partial charge < -0.3 is 10.1 Å². The second-order valence-corrected chi connectivity index (χ2v) is 6.82. The van der Waals surface area contributed by atoms with E-state index in [2.05, 4.69) is 11.4 Å². The van der Waals surface area contributed by atoms with Crippen LogP contribution in [-0.2, 0) is 4.79 Å². The Morgan fingerprint density at radius 2 is 2.10 bits per heavy atom. The fourth-order valence-electron chi connectivity index (χ4n) is 3.80. The molecule has 4 atom stereocenters. The Hall–Kier alpha value is -1.51. The molecule has 0 spiro atoms. The molecule has 0 aliphatic heterocycles. The molecule has 0 radical (unpaired) electrons. The van der Waals surface area contributed by atoms with Crippen molar-refractivity contribution < 1.29 is 9.53 Å². The lowest BCUT2D eigenvalue weighted by atomic mass is 9.95. The lowest BCUT2D eigenvalue weighted by molar-refractivity contribution is -0.128. The van der Waals surface area contributed by atoms with Crippen LogP contribution in [0.4, 0.5) is 0 Å². The monoisotopic (exact) mass is 287 g/mol. The first-order valence-corrected chi connectivity index (χ1v) is 8.07. The molecule has 0 unspecified atom stereocenters. The maximum atomic E-state index is 12.3. The maximum Gasteiger partial charge on any atom is 0.261 e. The van der Waals surface area contributed by atoms with Crippen LogP contribution >= 0.6 is 0 Å². The molecule has 21 heavy (non-hydrogen) atoms. The zero-order valence-corrected chi connectivity index (χ0v) is 13.2. The summed E-state index contributed by atoms with van der Waals surface area (Å²) in [6.45, 7) is 5.88. The molecule has 1 amide bonds. The van der Waals surface area contributed by atoms with Gasteiger partial charge in [-0.25, -0.2) is 0 Å². The number of fused-ring (bicyclic) bond motifs is 2. The number of ether oxygens (including phenoxy) is 1. The zero-order chi connectivity index (χ0) is 15.0. The summed E-state index contributed by atoms with van der Waals surface area (Å²) < 4.78 is 5.87.